The van der Waals surface area contributed by atoms with Crippen molar-refractivity contribution in [3.05, 3.63) is 62.3 Å². The Morgan fingerprint density at radius 2 is 1.93 bits per heavy atom. The number of rotatable bonds is 4. The zero-order chi connectivity index (χ0) is 19.7. The quantitative estimate of drug-likeness (QED) is 0.687. The highest BCUT2D eigenvalue weighted by Crippen LogP contribution is 2.21. The van der Waals surface area contributed by atoms with Crippen LogP contribution in [-0.2, 0) is 19.5 Å². The van der Waals surface area contributed by atoms with Gasteiger partial charge in [0.2, 0.25) is 11.7 Å². The van der Waals surface area contributed by atoms with Crippen LogP contribution in [0.1, 0.15) is 36.4 Å². The molecule has 0 saturated carbocycles. The Morgan fingerprint density at radius 1 is 1.14 bits per heavy atom. The Kier molecular flexibility index (Phi) is 4.85. The molecule has 8 nitrogen and oxygen atoms in total. The summed E-state index contributed by atoms with van der Waals surface area (Å²) >= 11 is 0. The van der Waals surface area contributed by atoms with E-state index in [0.717, 1.165) is 30.6 Å². The number of nitrogens with zero attached hydrogens (tertiary/aromatic N) is 4. The standard InChI is InChI=1S/C20H22N4O4/c1-13-21-18(22-28-13)17-16-6-4-3-5-11-23(16)20(26)24(19(17)25)12-14-7-9-15(27-2)10-8-14/h7-10H,3-6,11-12H2,1-2H3. The molecule has 0 aliphatic carbocycles. The van der Waals surface area contributed by atoms with E-state index in [9.17, 15) is 9.59 Å². The van der Waals surface area contributed by atoms with E-state index in [1.165, 1.54) is 4.57 Å². The van der Waals surface area contributed by atoms with E-state index < -0.39 is 0 Å². The summed E-state index contributed by atoms with van der Waals surface area (Å²) < 4.78 is 13.2. The molecule has 3 aromatic rings. The van der Waals surface area contributed by atoms with E-state index in [-0.39, 0.29) is 23.6 Å². The van der Waals surface area contributed by atoms with Gasteiger partial charge in [-0.25, -0.2) is 4.79 Å². The lowest BCUT2D eigenvalue weighted by atomic mass is 10.1. The van der Waals surface area contributed by atoms with Gasteiger partial charge >= 0.3 is 5.69 Å². The zero-order valence-corrected chi connectivity index (χ0v) is 16.0. The van der Waals surface area contributed by atoms with Gasteiger partial charge in [-0.3, -0.25) is 13.9 Å². The molecule has 0 N–H and O–H groups in total. The first kappa shape index (κ1) is 18.2. The van der Waals surface area contributed by atoms with E-state index >= 15 is 0 Å². The maximum Gasteiger partial charge on any atom is 0.331 e. The molecule has 4 rings (SSSR count). The molecular weight excluding hydrogens is 360 g/mol. The largest absolute Gasteiger partial charge is 0.497 e. The minimum absolute atomic E-state index is 0.172. The molecule has 1 aromatic carbocycles. The number of aryl methyl sites for hydroxylation is 1. The molecule has 0 amide bonds. The molecule has 8 heteroatoms. The Labute approximate surface area is 161 Å². The summed E-state index contributed by atoms with van der Waals surface area (Å²) in [6.45, 7) is 2.44. The third-order valence-corrected chi connectivity index (χ3v) is 5.08. The van der Waals surface area contributed by atoms with Crippen LogP contribution < -0.4 is 16.0 Å². The van der Waals surface area contributed by atoms with E-state index in [1.807, 2.05) is 24.3 Å². The number of fused-ring (bicyclic) bond motifs is 1. The lowest BCUT2D eigenvalue weighted by Crippen LogP contribution is -2.42. The second-order valence-corrected chi connectivity index (χ2v) is 6.94. The fourth-order valence-corrected chi connectivity index (χ4v) is 3.65. The lowest BCUT2D eigenvalue weighted by Gasteiger charge is -2.16. The first-order valence-corrected chi connectivity index (χ1v) is 9.38. The predicted octanol–water partition coefficient (Wildman–Crippen LogP) is 2.15. The molecule has 0 unspecified atom stereocenters. The smallest absolute Gasteiger partial charge is 0.331 e. The number of methoxy groups -OCH3 is 1. The summed E-state index contributed by atoms with van der Waals surface area (Å²) in [6, 6.07) is 7.31. The molecule has 0 spiro atoms. The normalized spacial score (nSPS) is 13.8. The number of hydrogen-bond donors (Lipinski definition) is 0. The fourth-order valence-electron chi connectivity index (χ4n) is 3.65. The van der Waals surface area contributed by atoms with Gasteiger partial charge < -0.3 is 9.26 Å². The van der Waals surface area contributed by atoms with Crippen LogP contribution in [-0.4, -0.2) is 26.4 Å². The molecule has 0 bridgehead atoms. The molecule has 146 valence electrons. The average molecular weight is 382 g/mol. The van der Waals surface area contributed by atoms with Crippen LogP contribution in [0.15, 0.2) is 38.4 Å². The number of benzene rings is 1. The van der Waals surface area contributed by atoms with Gasteiger partial charge in [0.15, 0.2) is 0 Å². The Morgan fingerprint density at radius 3 is 2.61 bits per heavy atom. The zero-order valence-electron chi connectivity index (χ0n) is 16.0. The molecule has 28 heavy (non-hydrogen) atoms. The highest BCUT2D eigenvalue weighted by atomic mass is 16.5. The van der Waals surface area contributed by atoms with Crippen molar-refractivity contribution in [2.75, 3.05) is 7.11 Å². The fraction of sp³-hybridized carbons (Fsp3) is 0.400. The van der Waals surface area contributed by atoms with E-state index in [4.69, 9.17) is 9.26 Å². The summed E-state index contributed by atoms with van der Waals surface area (Å²) in [5.74, 6) is 1.35. The third-order valence-electron chi connectivity index (χ3n) is 5.08. The van der Waals surface area contributed by atoms with E-state index in [2.05, 4.69) is 10.1 Å². The third kappa shape index (κ3) is 3.26. The Balaban J connectivity index is 1.89. The molecule has 3 heterocycles. The van der Waals surface area contributed by atoms with Crippen LogP contribution >= 0.6 is 0 Å². The molecule has 1 aliphatic rings. The van der Waals surface area contributed by atoms with Gasteiger partial charge in [0.05, 0.1) is 13.7 Å². The van der Waals surface area contributed by atoms with Crippen molar-refractivity contribution in [2.45, 2.75) is 45.7 Å². The number of hydrogen-bond acceptors (Lipinski definition) is 6. The maximum absolute atomic E-state index is 13.3. The van der Waals surface area contributed by atoms with Crippen molar-refractivity contribution in [2.24, 2.45) is 0 Å². The van der Waals surface area contributed by atoms with Gasteiger partial charge in [0, 0.05) is 19.2 Å². The highest BCUT2D eigenvalue weighted by molar-refractivity contribution is 5.56. The predicted molar refractivity (Wildman–Crippen MR) is 103 cm³/mol. The van der Waals surface area contributed by atoms with Crippen molar-refractivity contribution in [3.63, 3.8) is 0 Å². The van der Waals surface area contributed by atoms with Gasteiger partial charge in [-0.1, -0.05) is 23.7 Å². The number of ether oxygens (including phenoxy) is 1. The summed E-state index contributed by atoms with van der Waals surface area (Å²) in [4.78, 5) is 30.7. The maximum atomic E-state index is 13.3. The Hall–Kier alpha value is -3.16. The lowest BCUT2D eigenvalue weighted by molar-refractivity contribution is 0.394. The summed E-state index contributed by atoms with van der Waals surface area (Å²) in [6.07, 6.45) is 3.48. The first-order chi connectivity index (χ1) is 13.6. The van der Waals surface area contributed by atoms with Crippen molar-refractivity contribution in [1.29, 1.82) is 0 Å². The van der Waals surface area contributed by atoms with Crippen LogP contribution in [0.5, 0.6) is 5.75 Å². The van der Waals surface area contributed by atoms with Crippen LogP contribution in [0.4, 0.5) is 0 Å². The molecule has 0 saturated heterocycles. The van der Waals surface area contributed by atoms with Gasteiger partial charge in [-0.2, -0.15) is 4.98 Å². The molecule has 1 aliphatic heterocycles. The highest BCUT2D eigenvalue weighted by Gasteiger charge is 2.24. The first-order valence-electron chi connectivity index (χ1n) is 9.38. The van der Waals surface area contributed by atoms with Gasteiger partial charge in [0.1, 0.15) is 11.3 Å². The van der Waals surface area contributed by atoms with Gasteiger partial charge in [0.25, 0.3) is 5.56 Å². The minimum atomic E-state index is -0.380. The topological polar surface area (TPSA) is 92.2 Å². The monoisotopic (exact) mass is 382 g/mol. The second kappa shape index (κ2) is 7.46. The molecular formula is C20H22N4O4. The molecule has 0 fully saturated rings. The van der Waals surface area contributed by atoms with Crippen LogP contribution in [0.2, 0.25) is 0 Å². The number of aromatic nitrogens is 4. The van der Waals surface area contributed by atoms with E-state index in [1.54, 1.807) is 18.6 Å². The van der Waals surface area contributed by atoms with Crippen LogP contribution in [0.3, 0.4) is 0 Å². The minimum Gasteiger partial charge on any atom is -0.497 e. The van der Waals surface area contributed by atoms with Crippen molar-refractivity contribution < 1.29 is 9.26 Å². The van der Waals surface area contributed by atoms with Crippen molar-refractivity contribution >= 4 is 0 Å². The van der Waals surface area contributed by atoms with Gasteiger partial charge in [-0.05, 0) is 37.0 Å². The van der Waals surface area contributed by atoms with Crippen LogP contribution in [0, 0.1) is 6.92 Å². The second-order valence-electron chi connectivity index (χ2n) is 6.94. The van der Waals surface area contributed by atoms with E-state index in [0.29, 0.717) is 30.1 Å². The summed E-state index contributed by atoms with van der Waals surface area (Å²) in [5, 5.41) is 3.95. The molecule has 2 aromatic heterocycles. The van der Waals surface area contributed by atoms with Crippen molar-refractivity contribution in [3.8, 4) is 17.1 Å². The Bertz CT molecular complexity index is 1110. The molecule has 0 radical (unpaired) electrons. The summed E-state index contributed by atoms with van der Waals surface area (Å²) in [5.41, 5.74) is 1.24. The molecule has 0 atom stereocenters. The van der Waals surface area contributed by atoms with Crippen molar-refractivity contribution in [1.82, 2.24) is 19.3 Å². The average Bonchev–Trinajstić information content (AvgIpc) is 2.98. The van der Waals surface area contributed by atoms with Crippen LogP contribution in [0.25, 0.3) is 11.4 Å². The van der Waals surface area contributed by atoms with Gasteiger partial charge in [-0.15, -0.1) is 0 Å². The SMILES string of the molecule is COc1ccc(Cn2c(=O)c(-c3noc(C)n3)c3n(c2=O)CCCCC3)cc1. The summed E-state index contributed by atoms with van der Waals surface area (Å²) in [7, 11) is 1.59.